The summed E-state index contributed by atoms with van der Waals surface area (Å²) in [4.78, 5) is 2.36. The number of hydrogen-bond donors (Lipinski definition) is 1. The summed E-state index contributed by atoms with van der Waals surface area (Å²) < 4.78 is 5.59. The lowest BCUT2D eigenvalue weighted by Crippen LogP contribution is -2.43. The Labute approximate surface area is 115 Å². The van der Waals surface area contributed by atoms with Gasteiger partial charge in [0.1, 0.15) is 12.4 Å². The number of aryl methyl sites for hydroxylation is 1. The molecule has 0 saturated carbocycles. The van der Waals surface area contributed by atoms with Gasteiger partial charge in [0.25, 0.3) is 0 Å². The van der Waals surface area contributed by atoms with E-state index in [0.29, 0.717) is 6.61 Å². The van der Waals surface area contributed by atoms with Gasteiger partial charge in [0.05, 0.1) is 6.54 Å². The van der Waals surface area contributed by atoms with Crippen LogP contribution >= 0.6 is 0 Å². The molecule has 0 radical (unpaired) electrons. The number of nitrogens with one attached hydrogen (secondary N) is 1. The predicted octanol–water partition coefficient (Wildman–Crippen LogP) is 1.54. The van der Waals surface area contributed by atoms with Gasteiger partial charge in [-0.25, -0.2) is 0 Å². The first kappa shape index (κ1) is 13.9. The molecule has 0 aliphatic carbocycles. The van der Waals surface area contributed by atoms with Crippen LogP contribution < -0.4 is 10.1 Å². The van der Waals surface area contributed by atoms with Gasteiger partial charge in [0.15, 0.2) is 0 Å². The molecule has 102 valence electrons. The van der Waals surface area contributed by atoms with Crippen molar-refractivity contribution >= 4 is 0 Å². The molecule has 0 aromatic heterocycles. The third kappa shape index (κ3) is 4.94. The number of rotatable bonds is 4. The molecule has 0 amide bonds. The number of piperazine rings is 1. The summed E-state index contributed by atoms with van der Waals surface area (Å²) in [5, 5.41) is 3.33. The van der Waals surface area contributed by atoms with Crippen molar-refractivity contribution in [3.8, 4) is 17.6 Å². The van der Waals surface area contributed by atoms with E-state index < -0.39 is 0 Å². The molecule has 3 nitrogen and oxygen atoms in total. The van der Waals surface area contributed by atoms with E-state index in [4.69, 9.17) is 4.74 Å². The van der Waals surface area contributed by atoms with Crippen LogP contribution in [-0.4, -0.2) is 44.2 Å². The average molecular weight is 258 g/mol. The van der Waals surface area contributed by atoms with Gasteiger partial charge in [-0.3, -0.25) is 4.90 Å². The Morgan fingerprint density at radius 3 is 2.58 bits per heavy atom. The highest BCUT2D eigenvalue weighted by Crippen LogP contribution is 2.11. The monoisotopic (exact) mass is 258 g/mol. The molecule has 1 aliphatic heterocycles. The fourth-order valence-electron chi connectivity index (χ4n) is 2.03. The Morgan fingerprint density at radius 2 is 1.89 bits per heavy atom. The molecular formula is C16H22N2O. The highest BCUT2D eigenvalue weighted by molar-refractivity contribution is 5.27. The van der Waals surface area contributed by atoms with E-state index in [0.717, 1.165) is 44.9 Å². The number of hydrogen-bond acceptors (Lipinski definition) is 3. The minimum absolute atomic E-state index is 0.470. The molecule has 1 fully saturated rings. The highest BCUT2D eigenvalue weighted by Gasteiger charge is 2.06. The van der Waals surface area contributed by atoms with E-state index in [-0.39, 0.29) is 0 Å². The van der Waals surface area contributed by atoms with Gasteiger partial charge in [-0.1, -0.05) is 30.9 Å². The summed E-state index contributed by atoms with van der Waals surface area (Å²) in [7, 11) is 0. The van der Waals surface area contributed by atoms with Crippen molar-refractivity contribution < 1.29 is 4.74 Å². The van der Waals surface area contributed by atoms with Crippen molar-refractivity contribution in [1.82, 2.24) is 10.2 Å². The van der Waals surface area contributed by atoms with Gasteiger partial charge in [0.2, 0.25) is 0 Å². The van der Waals surface area contributed by atoms with Gasteiger partial charge in [0, 0.05) is 26.2 Å². The SMILES string of the molecule is CCc1ccc(OCC#CCN2CCNCC2)cc1. The first-order valence-corrected chi connectivity index (χ1v) is 6.99. The maximum Gasteiger partial charge on any atom is 0.149 e. The van der Waals surface area contributed by atoms with Gasteiger partial charge in [-0.15, -0.1) is 0 Å². The molecule has 1 aromatic rings. The van der Waals surface area contributed by atoms with E-state index in [1.165, 1.54) is 5.56 Å². The standard InChI is InChI=1S/C16H22N2O/c1-2-15-5-7-16(8-6-15)19-14-4-3-11-18-12-9-17-10-13-18/h5-8,17H,2,9-14H2,1H3. The molecule has 1 heterocycles. The molecule has 0 bridgehead atoms. The fraction of sp³-hybridized carbons (Fsp3) is 0.500. The molecule has 2 rings (SSSR count). The fourth-order valence-corrected chi connectivity index (χ4v) is 2.03. The van der Waals surface area contributed by atoms with Gasteiger partial charge >= 0.3 is 0 Å². The van der Waals surface area contributed by atoms with Crippen molar-refractivity contribution in [2.45, 2.75) is 13.3 Å². The molecule has 0 unspecified atom stereocenters. The Bertz CT molecular complexity index is 424. The second kappa shape index (κ2) is 7.83. The van der Waals surface area contributed by atoms with Gasteiger partial charge < -0.3 is 10.1 Å². The minimum Gasteiger partial charge on any atom is -0.481 e. The van der Waals surface area contributed by atoms with E-state index in [9.17, 15) is 0 Å². The average Bonchev–Trinajstić information content (AvgIpc) is 2.49. The van der Waals surface area contributed by atoms with Crippen LogP contribution in [0, 0.1) is 11.8 Å². The van der Waals surface area contributed by atoms with Crippen LogP contribution in [0.2, 0.25) is 0 Å². The lowest BCUT2D eigenvalue weighted by atomic mass is 10.2. The molecule has 0 spiro atoms. The zero-order valence-electron chi connectivity index (χ0n) is 11.6. The largest absolute Gasteiger partial charge is 0.481 e. The Balaban J connectivity index is 1.67. The van der Waals surface area contributed by atoms with Crippen molar-refractivity contribution in [3.63, 3.8) is 0 Å². The smallest absolute Gasteiger partial charge is 0.149 e. The van der Waals surface area contributed by atoms with E-state index in [1.54, 1.807) is 0 Å². The zero-order chi connectivity index (χ0) is 13.3. The molecule has 1 N–H and O–H groups in total. The summed E-state index contributed by atoms with van der Waals surface area (Å²) in [6.45, 7) is 7.79. The number of nitrogens with zero attached hydrogens (tertiary/aromatic N) is 1. The van der Waals surface area contributed by atoms with Gasteiger partial charge in [-0.2, -0.15) is 0 Å². The molecule has 1 aliphatic rings. The molecule has 0 atom stereocenters. The topological polar surface area (TPSA) is 24.5 Å². The molecule has 1 saturated heterocycles. The zero-order valence-corrected chi connectivity index (χ0v) is 11.6. The normalized spacial score (nSPS) is 15.6. The van der Waals surface area contributed by atoms with Crippen LogP contribution in [0.15, 0.2) is 24.3 Å². The maximum atomic E-state index is 5.59. The Hall–Kier alpha value is -1.50. The quantitative estimate of drug-likeness (QED) is 0.829. The lowest BCUT2D eigenvalue weighted by molar-refractivity contribution is 0.268. The third-order valence-corrected chi connectivity index (χ3v) is 3.28. The molecule has 3 heteroatoms. The first-order chi connectivity index (χ1) is 9.38. The van der Waals surface area contributed by atoms with Crippen LogP contribution in [0.1, 0.15) is 12.5 Å². The van der Waals surface area contributed by atoms with Crippen LogP contribution in [-0.2, 0) is 6.42 Å². The van der Waals surface area contributed by atoms with Crippen molar-refractivity contribution in [1.29, 1.82) is 0 Å². The van der Waals surface area contributed by atoms with E-state index in [1.807, 2.05) is 12.1 Å². The predicted molar refractivity (Wildman–Crippen MR) is 78.4 cm³/mol. The second-order valence-corrected chi connectivity index (χ2v) is 4.67. The summed E-state index contributed by atoms with van der Waals surface area (Å²) in [5.41, 5.74) is 1.33. The third-order valence-electron chi connectivity index (χ3n) is 3.28. The second-order valence-electron chi connectivity index (χ2n) is 4.67. The summed E-state index contributed by atoms with van der Waals surface area (Å²) in [6, 6.07) is 8.22. The van der Waals surface area contributed by atoms with Crippen LogP contribution in [0.25, 0.3) is 0 Å². The van der Waals surface area contributed by atoms with E-state index >= 15 is 0 Å². The van der Waals surface area contributed by atoms with Crippen LogP contribution in [0.3, 0.4) is 0 Å². The summed E-state index contributed by atoms with van der Waals surface area (Å²) in [5.74, 6) is 7.14. The highest BCUT2D eigenvalue weighted by atomic mass is 16.5. The number of ether oxygens (including phenoxy) is 1. The van der Waals surface area contributed by atoms with Crippen molar-refractivity contribution in [2.75, 3.05) is 39.3 Å². The maximum absolute atomic E-state index is 5.59. The summed E-state index contributed by atoms with van der Waals surface area (Å²) >= 11 is 0. The number of benzene rings is 1. The van der Waals surface area contributed by atoms with Crippen molar-refractivity contribution in [3.05, 3.63) is 29.8 Å². The van der Waals surface area contributed by atoms with Gasteiger partial charge in [-0.05, 0) is 24.1 Å². The lowest BCUT2D eigenvalue weighted by Gasteiger charge is -2.24. The molecule has 1 aromatic carbocycles. The summed E-state index contributed by atoms with van der Waals surface area (Å²) in [6.07, 6.45) is 1.06. The van der Waals surface area contributed by atoms with Crippen molar-refractivity contribution in [2.24, 2.45) is 0 Å². The Kier molecular flexibility index (Phi) is 5.74. The van der Waals surface area contributed by atoms with Crippen LogP contribution in [0.5, 0.6) is 5.75 Å². The molecule has 19 heavy (non-hydrogen) atoms. The minimum atomic E-state index is 0.470. The first-order valence-electron chi connectivity index (χ1n) is 6.99. The Morgan fingerprint density at radius 1 is 1.16 bits per heavy atom. The molecular weight excluding hydrogens is 236 g/mol. The van der Waals surface area contributed by atoms with Crippen LogP contribution in [0.4, 0.5) is 0 Å². The van der Waals surface area contributed by atoms with E-state index in [2.05, 4.69) is 41.1 Å².